The summed E-state index contributed by atoms with van der Waals surface area (Å²) in [5.41, 5.74) is 0. The van der Waals surface area contributed by atoms with Crippen molar-refractivity contribution < 1.29 is 24.2 Å². The highest BCUT2D eigenvalue weighted by Crippen LogP contribution is 2.04. The van der Waals surface area contributed by atoms with Gasteiger partial charge in [0.15, 0.2) is 0 Å². The third-order valence-corrected chi connectivity index (χ3v) is 2.91. The van der Waals surface area contributed by atoms with Crippen molar-refractivity contribution >= 4 is 11.9 Å². The first-order chi connectivity index (χ1) is 10.2. The van der Waals surface area contributed by atoms with Crippen LogP contribution in [0.2, 0.25) is 0 Å². The van der Waals surface area contributed by atoms with Crippen molar-refractivity contribution in [2.24, 2.45) is 0 Å². The third-order valence-electron chi connectivity index (χ3n) is 2.91. The molecular weight excluding hydrogens is 272 g/mol. The molecule has 0 aromatic carbocycles. The van der Waals surface area contributed by atoms with Crippen LogP contribution in [0.5, 0.6) is 0 Å². The van der Waals surface area contributed by atoms with Crippen LogP contribution in [0.15, 0.2) is 12.7 Å². The molecule has 0 unspecified atom stereocenters. The number of hydrogen-bond donors (Lipinski definition) is 1. The number of aliphatic hydroxyl groups is 1. The molecule has 0 saturated carbocycles. The zero-order valence-electron chi connectivity index (χ0n) is 12.8. The summed E-state index contributed by atoms with van der Waals surface area (Å²) in [6.45, 7) is 4.53. The summed E-state index contributed by atoms with van der Waals surface area (Å²) in [5, 5.41) is 8.60. The van der Waals surface area contributed by atoms with E-state index in [0.29, 0.717) is 32.5 Å². The minimum Gasteiger partial charge on any atom is -0.466 e. The van der Waals surface area contributed by atoms with Gasteiger partial charge in [0.1, 0.15) is 0 Å². The maximum atomic E-state index is 11.3. The van der Waals surface area contributed by atoms with Gasteiger partial charge >= 0.3 is 11.9 Å². The molecule has 0 heterocycles. The van der Waals surface area contributed by atoms with Crippen LogP contribution in [-0.2, 0) is 19.1 Å². The van der Waals surface area contributed by atoms with E-state index < -0.39 is 0 Å². The SMILES string of the molecule is C=CCCOC(=O)CCCCCOC(=O)CCCCCO. The van der Waals surface area contributed by atoms with Crippen LogP contribution in [0.3, 0.4) is 0 Å². The first-order valence-electron chi connectivity index (χ1n) is 7.73. The number of ether oxygens (including phenoxy) is 2. The van der Waals surface area contributed by atoms with Gasteiger partial charge in [0.2, 0.25) is 0 Å². The van der Waals surface area contributed by atoms with Crippen molar-refractivity contribution in [3.05, 3.63) is 12.7 Å². The smallest absolute Gasteiger partial charge is 0.305 e. The highest BCUT2D eigenvalue weighted by molar-refractivity contribution is 5.69. The molecule has 1 N–H and O–H groups in total. The molecule has 0 aromatic heterocycles. The Morgan fingerprint density at radius 1 is 0.857 bits per heavy atom. The number of unbranched alkanes of at least 4 members (excludes halogenated alkanes) is 4. The first-order valence-corrected chi connectivity index (χ1v) is 7.73. The van der Waals surface area contributed by atoms with Gasteiger partial charge < -0.3 is 14.6 Å². The molecule has 0 aliphatic heterocycles. The molecular formula is C16H28O5. The maximum Gasteiger partial charge on any atom is 0.305 e. The van der Waals surface area contributed by atoms with Crippen LogP contribution < -0.4 is 0 Å². The lowest BCUT2D eigenvalue weighted by atomic mass is 10.2. The molecule has 5 nitrogen and oxygen atoms in total. The summed E-state index contributed by atoms with van der Waals surface area (Å²) >= 11 is 0. The number of hydrogen-bond acceptors (Lipinski definition) is 5. The van der Waals surface area contributed by atoms with Gasteiger partial charge in [-0.05, 0) is 38.5 Å². The summed E-state index contributed by atoms with van der Waals surface area (Å²) < 4.78 is 10.1. The molecule has 21 heavy (non-hydrogen) atoms. The van der Waals surface area contributed by atoms with Crippen LogP contribution in [0.1, 0.15) is 57.8 Å². The molecule has 0 spiro atoms. The van der Waals surface area contributed by atoms with E-state index in [-0.39, 0.29) is 18.5 Å². The second-order valence-corrected chi connectivity index (χ2v) is 4.86. The second-order valence-electron chi connectivity index (χ2n) is 4.86. The highest BCUT2D eigenvalue weighted by Gasteiger charge is 2.04. The van der Waals surface area contributed by atoms with Gasteiger partial charge in [0.25, 0.3) is 0 Å². The molecule has 5 heteroatoms. The molecule has 122 valence electrons. The predicted molar refractivity (Wildman–Crippen MR) is 80.8 cm³/mol. The van der Waals surface area contributed by atoms with Gasteiger partial charge in [0, 0.05) is 19.4 Å². The summed E-state index contributed by atoms with van der Waals surface area (Å²) in [4.78, 5) is 22.6. The minimum atomic E-state index is -0.184. The average molecular weight is 300 g/mol. The van der Waals surface area contributed by atoms with Crippen LogP contribution in [0.4, 0.5) is 0 Å². The Morgan fingerprint density at radius 3 is 2.00 bits per heavy atom. The Kier molecular flexibility index (Phi) is 14.1. The lowest BCUT2D eigenvalue weighted by molar-refractivity contribution is -0.145. The summed E-state index contributed by atoms with van der Waals surface area (Å²) in [5.74, 6) is -0.366. The molecule has 0 rings (SSSR count). The van der Waals surface area contributed by atoms with Crippen molar-refractivity contribution in [3.8, 4) is 0 Å². The maximum absolute atomic E-state index is 11.3. The van der Waals surface area contributed by atoms with E-state index in [4.69, 9.17) is 14.6 Å². The Balaban J connectivity index is 3.29. The number of carbonyl (C=O) groups is 2. The minimum absolute atomic E-state index is 0.172. The Bertz CT molecular complexity index is 288. The zero-order valence-corrected chi connectivity index (χ0v) is 12.8. The van der Waals surface area contributed by atoms with E-state index in [1.165, 1.54) is 0 Å². The topological polar surface area (TPSA) is 72.8 Å². The number of aliphatic hydroxyl groups excluding tert-OH is 1. The van der Waals surface area contributed by atoms with Gasteiger partial charge in [0.05, 0.1) is 13.2 Å². The molecule has 0 atom stereocenters. The zero-order chi connectivity index (χ0) is 15.8. The summed E-state index contributed by atoms with van der Waals surface area (Å²) in [7, 11) is 0. The Hall–Kier alpha value is -1.36. The van der Waals surface area contributed by atoms with E-state index in [9.17, 15) is 9.59 Å². The third kappa shape index (κ3) is 14.9. The van der Waals surface area contributed by atoms with Gasteiger partial charge in [-0.25, -0.2) is 0 Å². The molecule has 0 saturated heterocycles. The van der Waals surface area contributed by atoms with E-state index in [1.807, 2.05) is 0 Å². The molecule has 0 radical (unpaired) electrons. The molecule has 0 bridgehead atoms. The van der Waals surface area contributed by atoms with Crippen molar-refractivity contribution in [1.82, 2.24) is 0 Å². The van der Waals surface area contributed by atoms with Crippen molar-refractivity contribution in [1.29, 1.82) is 0 Å². The van der Waals surface area contributed by atoms with E-state index in [2.05, 4.69) is 6.58 Å². The van der Waals surface area contributed by atoms with Gasteiger partial charge in [-0.1, -0.05) is 12.5 Å². The number of rotatable bonds is 14. The van der Waals surface area contributed by atoms with E-state index >= 15 is 0 Å². The molecule has 0 aromatic rings. The summed E-state index contributed by atoms with van der Waals surface area (Å²) in [6.07, 6.45) is 7.91. The van der Waals surface area contributed by atoms with Crippen molar-refractivity contribution in [2.45, 2.75) is 57.8 Å². The van der Waals surface area contributed by atoms with Crippen LogP contribution in [0, 0.1) is 0 Å². The van der Waals surface area contributed by atoms with Gasteiger partial charge in [-0.15, -0.1) is 6.58 Å². The molecule has 0 aliphatic carbocycles. The first kappa shape index (κ1) is 19.6. The number of carbonyl (C=O) groups excluding carboxylic acids is 2. The van der Waals surface area contributed by atoms with Gasteiger partial charge in [-0.3, -0.25) is 9.59 Å². The fourth-order valence-corrected chi connectivity index (χ4v) is 1.69. The monoisotopic (exact) mass is 300 g/mol. The quantitative estimate of drug-likeness (QED) is 0.303. The van der Waals surface area contributed by atoms with Crippen LogP contribution >= 0.6 is 0 Å². The van der Waals surface area contributed by atoms with Crippen LogP contribution in [-0.4, -0.2) is 36.9 Å². The molecule has 0 aliphatic rings. The normalized spacial score (nSPS) is 10.1. The fraction of sp³-hybridized carbons (Fsp3) is 0.750. The average Bonchev–Trinajstić information content (AvgIpc) is 2.47. The van der Waals surface area contributed by atoms with Gasteiger partial charge in [-0.2, -0.15) is 0 Å². The van der Waals surface area contributed by atoms with E-state index in [0.717, 1.165) is 38.5 Å². The second kappa shape index (κ2) is 15.0. The predicted octanol–water partition coefficient (Wildman–Crippen LogP) is 2.76. The van der Waals surface area contributed by atoms with Crippen LogP contribution in [0.25, 0.3) is 0 Å². The van der Waals surface area contributed by atoms with E-state index in [1.54, 1.807) is 6.08 Å². The Labute approximate surface area is 127 Å². The Morgan fingerprint density at radius 2 is 1.43 bits per heavy atom. The molecule has 0 fully saturated rings. The largest absolute Gasteiger partial charge is 0.466 e. The fourth-order valence-electron chi connectivity index (χ4n) is 1.69. The number of esters is 2. The lowest BCUT2D eigenvalue weighted by Crippen LogP contribution is -2.07. The molecule has 0 amide bonds. The lowest BCUT2D eigenvalue weighted by Gasteiger charge is -2.05. The summed E-state index contributed by atoms with van der Waals surface area (Å²) in [6, 6.07) is 0. The van der Waals surface area contributed by atoms with Crippen molar-refractivity contribution in [3.63, 3.8) is 0 Å². The van der Waals surface area contributed by atoms with Crippen molar-refractivity contribution in [2.75, 3.05) is 19.8 Å². The highest BCUT2D eigenvalue weighted by atomic mass is 16.5. The standard InChI is InChI=1S/C16H28O5/c1-2-3-13-20-15(18)11-7-5-9-14-21-16(19)10-6-4-8-12-17/h2,17H,1,3-14H2.